The summed E-state index contributed by atoms with van der Waals surface area (Å²) in [7, 11) is 1.89. The van der Waals surface area contributed by atoms with Gasteiger partial charge in [-0.15, -0.1) is 0 Å². The Morgan fingerprint density at radius 3 is 2.75 bits per heavy atom. The average molecular weight is 236 g/mol. The van der Waals surface area contributed by atoms with Gasteiger partial charge in [0.15, 0.2) is 0 Å². The zero-order valence-corrected chi connectivity index (χ0v) is 9.85. The van der Waals surface area contributed by atoms with E-state index in [9.17, 15) is 0 Å². The summed E-state index contributed by atoms with van der Waals surface area (Å²) in [6, 6.07) is 9.62. The van der Waals surface area contributed by atoms with Crippen LogP contribution in [0.2, 0.25) is 5.02 Å². The second kappa shape index (κ2) is 4.68. The molecular weight excluding hydrogens is 222 g/mol. The van der Waals surface area contributed by atoms with Crippen LogP contribution < -0.4 is 5.73 Å². The van der Waals surface area contributed by atoms with Gasteiger partial charge < -0.3 is 5.73 Å². The summed E-state index contributed by atoms with van der Waals surface area (Å²) in [5.74, 6) is 0. The highest BCUT2D eigenvalue weighted by molar-refractivity contribution is 6.31. The van der Waals surface area contributed by atoms with Crippen LogP contribution in [0.15, 0.2) is 36.5 Å². The van der Waals surface area contributed by atoms with Gasteiger partial charge in [-0.05, 0) is 24.1 Å². The minimum Gasteiger partial charge on any atom is -0.322 e. The van der Waals surface area contributed by atoms with Crippen LogP contribution in [0.4, 0.5) is 0 Å². The van der Waals surface area contributed by atoms with Gasteiger partial charge in [-0.2, -0.15) is 5.10 Å². The second-order valence-corrected chi connectivity index (χ2v) is 4.19. The van der Waals surface area contributed by atoms with Crippen LogP contribution in [0.5, 0.6) is 0 Å². The standard InChI is InChI=1S/C12H14ClN3/c1-16-12(6-7-15-16)11(14)8-9-4-2-3-5-10(9)13/h2-7,11H,8,14H2,1H3. The van der Waals surface area contributed by atoms with Crippen molar-refractivity contribution in [2.24, 2.45) is 12.8 Å². The summed E-state index contributed by atoms with van der Waals surface area (Å²) in [4.78, 5) is 0. The van der Waals surface area contributed by atoms with Crippen LogP contribution >= 0.6 is 11.6 Å². The van der Waals surface area contributed by atoms with Gasteiger partial charge in [0, 0.05) is 18.3 Å². The van der Waals surface area contributed by atoms with Gasteiger partial charge in [0.25, 0.3) is 0 Å². The van der Waals surface area contributed by atoms with Crippen molar-refractivity contribution in [1.82, 2.24) is 9.78 Å². The number of aromatic nitrogens is 2. The lowest BCUT2D eigenvalue weighted by Crippen LogP contribution is -2.17. The first kappa shape index (κ1) is 11.2. The van der Waals surface area contributed by atoms with Crippen molar-refractivity contribution in [3.63, 3.8) is 0 Å². The molecule has 1 atom stereocenters. The molecule has 2 rings (SSSR count). The van der Waals surface area contributed by atoms with E-state index in [-0.39, 0.29) is 6.04 Å². The van der Waals surface area contributed by atoms with Gasteiger partial charge in [0.2, 0.25) is 0 Å². The molecule has 0 aliphatic carbocycles. The van der Waals surface area contributed by atoms with Crippen molar-refractivity contribution in [3.05, 3.63) is 52.8 Å². The first-order chi connectivity index (χ1) is 7.68. The molecule has 0 aliphatic heterocycles. The maximum absolute atomic E-state index is 6.12. The Kier molecular flexibility index (Phi) is 3.27. The maximum Gasteiger partial charge on any atom is 0.0551 e. The molecule has 1 aromatic heterocycles. The Morgan fingerprint density at radius 1 is 1.38 bits per heavy atom. The van der Waals surface area contributed by atoms with E-state index in [2.05, 4.69) is 5.10 Å². The number of nitrogens with two attached hydrogens (primary N) is 1. The van der Waals surface area contributed by atoms with Gasteiger partial charge in [-0.25, -0.2) is 0 Å². The van der Waals surface area contributed by atoms with E-state index in [4.69, 9.17) is 17.3 Å². The lowest BCUT2D eigenvalue weighted by atomic mass is 10.0. The third-order valence-corrected chi connectivity index (χ3v) is 3.01. The van der Waals surface area contributed by atoms with Crippen molar-refractivity contribution in [2.45, 2.75) is 12.5 Å². The van der Waals surface area contributed by atoms with Crippen LogP contribution in [0.3, 0.4) is 0 Å². The van der Waals surface area contributed by atoms with E-state index in [0.717, 1.165) is 22.7 Å². The molecule has 2 N–H and O–H groups in total. The van der Waals surface area contributed by atoms with Crippen LogP contribution in [-0.2, 0) is 13.5 Å². The number of halogens is 1. The molecule has 0 fully saturated rings. The Hall–Kier alpha value is -1.32. The average Bonchev–Trinajstić information content (AvgIpc) is 2.68. The molecule has 3 nitrogen and oxygen atoms in total. The maximum atomic E-state index is 6.12. The molecule has 0 radical (unpaired) electrons. The van der Waals surface area contributed by atoms with E-state index < -0.39 is 0 Å². The van der Waals surface area contributed by atoms with E-state index in [1.165, 1.54) is 0 Å². The molecule has 0 saturated heterocycles. The summed E-state index contributed by atoms with van der Waals surface area (Å²) in [5, 5.41) is 4.87. The lowest BCUT2D eigenvalue weighted by molar-refractivity contribution is 0.617. The summed E-state index contributed by atoms with van der Waals surface area (Å²) < 4.78 is 1.79. The summed E-state index contributed by atoms with van der Waals surface area (Å²) in [6.45, 7) is 0. The Bertz CT molecular complexity index is 479. The van der Waals surface area contributed by atoms with E-state index in [0.29, 0.717) is 0 Å². The minimum atomic E-state index is -0.0765. The molecule has 1 aromatic carbocycles. The molecule has 1 heterocycles. The van der Waals surface area contributed by atoms with E-state index in [1.54, 1.807) is 10.9 Å². The molecule has 0 bridgehead atoms. The fourth-order valence-corrected chi connectivity index (χ4v) is 1.97. The number of nitrogens with zero attached hydrogens (tertiary/aromatic N) is 2. The Morgan fingerprint density at radius 2 is 2.12 bits per heavy atom. The van der Waals surface area contributed by atoms with Gasteiger partial charge >= 0.3 is 0 Å². The van der Waals surface area contributed by atoms with Crippen molar-refractivity contribution in [1.29, 1.82) is 0 Å². The number of aryl methyl sites for hydroxylation is 1. The largest absolute Gasteiger partial charge is 0.322 e. The van der Waals surface area contributed by atoms with E-state index >= 15 is 0 Å². The zero-order chi connectivity index (χ0) is 11.5. The molecule has 2 aromatic rings. The number of hydrogen-bond donors (Lipinski definition) is 1. The molecule has 84 valence electrons. The predicted molar refractivity (Wildman–Crippen MR) is 65.3 cm³/mol. The molecule has 1 unspecified atom stereocenters. The van der Waals surface area contributed by atoms with Crippen molar-refractivity contribution >= 4 is 11.6 Å². The zero-order valence-electron chi connectivity index (χ0n) is 9.10. The first-order valence-corrected chi connectivity index (χ1v) is 5.53. The van der Waals surface area contributed by atoms with Crippen molar-refractivity contribution in [2.75, 3.05) is 0 Å². The summed E-state index contributed by atoms with van der Waals surface area (Å²) in [5.41, 5.74) is 8.20. The monoisotopic (exact) mass is 235 g/mol. The Balaban J connectivity index is 2.17. The second-order valence-electron chi connectivity index (χ2n) is 3.78. The third kappa shape index (κ3) is 2.26. The number of benzene rings is 1. The fraction of sp³-hybridized carbons (Fsp3) is 0.250. The predicted octanol–water partition coefficient (Wildman–Crippen LogP) is 2.32. The highest BCUT2D eigenvalue weighted by Gasteiger charge is 2.12. The third-order valence-electron chi connectivity index (χ3n) is 2.64. The highest BCUT2D eigenvalue weighted by atomic mass is 35.5. The van der Waals surface area contributed by atoms with Crippen LogP contribution in [0, 0.1) is 0 Å². The quantitative estimate of drug-likeness (QED) is 0.887. The summed E-state index contributed by atoms with van der Waals surface area (Å²) in [6.07, 6.45) is 2.47. The SMILES string of the molecule is Cn1nccc1C(N)Cc1ccccc1Cl. The molecular formula is C12H14ClN3. The van der Waals surface area contributed by atoms with Gasteiger partial charge in [-0.1, -0.05) is 29.8 Å². The van der Waals surface area contributed by atoms with Crippen molar-refractivity contribution < 1.29 is 0 Å². The smallest absolute Gasteiger partial charge is 0.0551 e. The van der Waals surface area contributed by atoms with Crippen LogP contribution in [-0.4, -0.2) is 9.78 Å². The molecule has 4 heteroatoms. The van der Waals surface area contributed by atoms with Gasteiger partial charge in [0.1, 0.15) is 0 Å². The Labute approximate surface area is 99.8 Å². The van der Waals surface area contributed by atoms with E-state index in [1.807, 2.05) is 37.4 Å². The summed E-state index contributed by atoms with van der Waals surface area (Å²) >= 11 is 6.09. The minimum absolute atomic E-state index is 0.0765. The van der Waals surface area contributed by atoms with Crippen molar-refractivity contribution in [3.8, 4) is 0 Å². The molecule has 16 heavy (non-hydrogen) atoms. The topological polar surface area (TPSA) is 43.8 Å². The van der Waals surface area contributed by atoms with Crippen LogP contribution in [0.25, 0.3) is 0 Å². The molecule has 0 spiro atoms. The molecule has 0 aliphatic rings. The number of hydrogen-bond acceptors (Lipinski definition) is 2. The number of rotatable bonds is 3. The van der Waals surface area contributed by atoms with Crippen LogP contribution in [0.1, 0.15) is 17.3 Å². The lowest BCUT2D eigenvalue weighted by Gasteiger charge is -2.12. The fourth-order valence-electron chi connectivity index (χ4n) is 1.75. The van der Waals surface area contributed by atoms with Gasteiger partial charge in [0.05, 0.1) is 11.7 Å². The normalized spacial score (nSPS) is 12.7. The molecule has 0 saturated carbocycles. The van der Waals surface area contributed by atoms with Gasteiger partial charge in [-0.3, -0.25) is 4.68 Å². The highest BCUT2D eigenvalue weighted by Crippen LogP contribution is 2.21. The molecule has 0 amide bonds. The first-order valence-electron chi connectivity index (χ1n) is 5.15.